The Kier molecular flexibility index (Phi) is 3.07. The van der Waals surface area contributed by atoms with E-state index in [1.54, 1.807) is 11.3 Å². The van der Waals surface area contributed by atoms with Crippen molar-refractivity contribution in [2.24, 2.45) is 0 Å². The molecular weight excluding hydrogens is 278 g/mol. The van der Waals surface area contributed by atoms with E-state index in [9.17, 15) is 0 Å². The Hall–Kier alpha value is -1.39. The van der Waals surface area contributed by atoms with Gasteiger partial charge in [-0.1, -0.05) is 12.1 Å². The molecule has 0 atom stereocenters. The van der Waals surface area contributed by atoms with Crippen molar-refractivity contribution in [1.29, 1.82) is 0 Å². The highest BCUT2D eigenvalue weighted by atomic mass is 35.5. The normalized spacial score (nSPS) is 12.2. The third kappa shape index (κ3) is 1.95. The first-order valence-electron chi connectivity index (χ1n) is 6.07. The van der Waals surface area contributed by atoms with Gasteiger partial charge >= 0.3 is 0 Å². The van der Waals surface area contributed by atoms with Crippen LogP contribution in [0.3, 0.4) is 0 Å². The summed E-state index contributed by atoms with van der Waals surface area (Å²) < 4.78 is 2.19. The van der Waals surface area contributed by atoms with E-state index in [1.165, 1.54) is 0 Å². The van der Waals surface area contributed by atoms with Crippen LogP contribution in [0.25, 0.3) is 11.0 Å². The second-order valence-electron chi connectivity index (χ2n) is 4.88. The van der Waals surface area contributed by atoms with E-state index in [-0.39, 0.29) is 5.54 Å². The van der Waals surface area contributed by atoms with Gasteiger partial charge in [-0.2, -0.15) is 0 Å². The molecule has 2 heterocycles. The molecule has 0 saturated carbocycles. The van der Waals surface area contributed by atoms with E-state index in [1.807, 2.05) is 29.8 Å². The second kappa shape index (κ2) is 4.62. The lowest BCUT2D eigenvalue weighted by Gasteiger charge is -2.27. The molecule has 5 heteroatoms. The van der Waals surface area contributed by atoms with Gasteiger partial charge in [0.1, 0.15) is 10.8 Å². The third-order valence-corrected chi connectivity index (χ3v) is 4.59. The van der Waals surface area contributed by atoms with Gasteiger partial charge in [0.25, 0.3) is 0 Å². The average molecular weight is 292 g/mol. The second-order valence-corrected chi connectivity index (χ2v) is 6.04. The van der Waals surface area contributed by atoms with Gasteiger partial charge in [-0.25, -0.2) is 9.97 Å². The van der Waals surface area contributed by atoms with Crippen LogP contribution in [0.15, 0.2) is 35.8 Å². The maximum atomic E-state index is 6.07. The third-order valence-electron chi connectivity index (χ3n) is 3.26. The molecule has 0 bridgehead atoms. The van der Waals surface area contributed by atoms with Gasteiger partial charge in [0, 0.05) is 11.6 Å². The van der Waals surface area contributed by atoms with E-state index in [0.29, 0.717) is 5.88 Å². The molecule has 3 aromatic rings. The number of fused-ring (bicyclic) bond motifs is 1. The summed E-state index contributed by atoms with van der Waals surface area (Å²) in [6, 6.07) is 8.11. The van der Waals surface area contributed by atoms with Crippen LogP contribution in [0.5, 0.6) is 0 Å². The summed E-state index contributed by atoms with van der Waals surface area (Å²) in [6.45, 7) is 4.30. The highest BCUT2D eigenvalue weighted by Gasteiger charge is 2.29. The number of hydrogen-bond acceptors (Lipinski definition) is 3. The summed E-state index contributed by atoms with van der Waals surface area (Å²) in [5, 5.41) is 3.05. The molecule has 98 valence electrons. The van der Waals surface area contributed by atoms with Gasteiger partial charge in [-0.05, 0) is 26.0 Å². The predicted octanol–water partition coefficient (Wildman–Crippen LogP) is 4.02. The molecule has 0 spiro atoms. The molecule has 0 saturated heterocycles. The fraction of sp³-hybridized carbons (Fsp3) is 0.286. The Morgan fingerprint density at radius 2 is 2.11 bits per heavy atom. The fourth-order valence-corrected chi connectivity index (χ4v) is 3.34. The van der Waals surface area contributed by atoms with Crippen LogP contribution in [0, 0.1) is 0 Å². The quantitative estimate of drug-likeness (QED) is 0.683. The van der Waals surface area contributed by atoms with Crippen molar-refractivity contribution < 1.29 is 0 Å². The van der Waals surface area contributed by atoms with Crippen LogP contribution in [0.1, 0.15) is 24.7 Å². The van der Waals surface area contributed by atoms with Crippen LogP contribution in [0.2, 0.25) is 0 Å². The molecular formula is C14H14ClN3S. The molecule has 3 rings (SSSR count). The van der Waals surface area contributed by atoms with Crippen LogP contribution >= 0.6 is 22.9 Å². The van der Waals surface area contributed by atoms with Crippen molar-refractivity contribution in [1.82, 2.24) is 14.5 Å². The summed E-state index contributed by atoms with van der Waals surface area (Å²) in [5.74, 6) is 1.27. The molecule has 3 nitrogen and oxygen atoms in total. The molecule has 0 unspecified atom stereocenters. The highest BCUT2D eigenvalue weighted by Crippen LogP contribution is 2.32. The zero-order valence-electron chi connectivity index (χ0n) is 10.8. The average Bonchev–Trinajstić information content (AvgIpc) is 3.05. The number of alkyl halides is 1. The van der Waals surface area contributed by atoms with Crippen molar-refractivity contribution in [3.05, 3.63) is 46.7 Å². The topological polar surface area (TPSA) is 30.7 Å². The number of imidazole rings is 1. The number of halogens is 1. The lowest BCUT2D eigenvalue weighted by molar-refractivity contribution is 0.435. The SMILES string of the molecule is CC(C)(c1nccs1)n1c(CCl)nc2ccccc21. The molecule has 19 heavy (non-hydrogen) atoms. The Labute approximate surface area is 120 Å². The number of benzene rings is 1. The minimum absolute atomic E-state index is 0.255. The van der Waals surface area contributed by atoms with E-state index < -0.39 is 0 Å². The number of rotatable bonds is 3. The number of thiazole rings is 1. The zero-order valence-corrected chi connectivity index (χ0v) is 12.4. The molecule has 0 radical (unpaired) electrons. The first-order valence-corrected chi connectivity index (χ1v) is 7.49. The largest absolute Gasteiger partial charge is 0.315 e. The predicted molar refractivity (Wildman–Crippen MR) is 79.8 cm³/mol. The maximum Gasteiger partial charge on any atom is 0.125 e. The van der Waals surface area contributed by atoms with E-state index in [0.717, 1.165) is 21.9 Å². The maximum absolute atomic E-state index is 6.07. The molecule has 0 aliphatic carbocycles. The van der Waals surface area contributed by atoms with Gasteiger partial charge < -0.3 is 4.57 Å². The monoisotopic (exact) mass is 291 g/mol. The zero-order chi connectivity index (χ0) is 13.5. The highest BCUT2D eigenvalue weighted by molar-refractivity contribution is 7.09. The van der Waals surface area contributed by atoms with Gasteiger partial charge in [-0.15, -0.1) is 22.9 Å². The Morgan fingerprint density at radius 3 is 2.79 bits per heavy atom. The van der Waals surface area contributed by atoms with Crippen molar-refractivity contribution in [2.45, 2.75) is 25.3 Å². The Bertz CT molecular complexity index is 701. The summed E-state index contributed by atoms with van der Waals surface area (Å²) >= 11 is 7.72. The lowest BCUT2D eigenvalue weighted by Crippen LogP contribution is -2.29. The van der Waals surface area contributed by atoms with Crippen LogP contribution in [0.4, 0.5) is 0 Å². The standard InChI is InChI=1S/C14H14ClN3S/c1-14(2,13-16-7-8-19-13)18-11-6-4-3-5-10(11)17-12(18)9-15/h3-8H,9H2,1-2H3. The van der Waals surface area contributed by atoms with E-state index in [4.69, 9.17) is 11.6 Å². The molecule has 0 aliphatic heterocycles. The van der Waals surface area contributed by atoms with Crippen molar-refractivity contribution >= 4 is 34.0 Å². The molecule has 0 amide bonds. The first-order chi connectivity index (χ1) is 9.14. The van der Waals surface area contributed by atoms with Crippen LogP contribution in [-0.2, 0) is 11.4 Å². The minimum atomic E-state index is -0.255. The summed E-state index contributed by atoms with van der Waals surface area (Å²) in [5.41, 5.74) is 1.82. The minimum Gasteiger partial charge on any atom is -0.315 e. The van der Waals surface area contributed by atoms with Crippen LogP contribution < -0.4 is 0 Å². The van der Waals surface area contributed by atoms with Gasteiger partial charge in [0.2, 0.25) is 0 Å². The molecule has 0 N–H and O–H groups in total. The Balaban J connectivity index is 2.29. The summed E-state index contributed by atoms with van der Waals surface area (Å²) in [6.07, 6.45) is 1.83. The lowest BCUT2D eigenvalue weighted by atomic mass is 10.1. The van der Waals surface area contributed by atoms with E-state index >= 15 is 0 Å². The Morgan fingerprint density at radius 1 is 1.32 bits per heavy atom. The van der Waals surface area contributed by atoms with Crippen molar-refractivity contribution in [2.75, 3.05) is 0 Å². The fourth-order valence-electron chi connectivity index (χ4n) is 2.41. The number of nitrogens with zero attached hydrogens (tertiary/aromatic N) is 3. The molecule has 1 aromatic carbocycles. The van der Waals surface area contributed by atoms with Crippen LogP contribution in [-0.4, -0.2) is 14.5 Å². The van der Waals surface area contributed by atoms with E-state index in [2.05, 4.69) is 34.4 Å². The summed E-state index contributed by atoms with van der Waals surface area (Å²) in [4.78, 5) is 9.07. The first kappa shape index (κ1) is 12.6. The smallest absolute Gasteiger partial charge is 0.125 e. The summed E-state index contributed by atoms with van der Waals surface area (Å²) in [7, 11) is 0. The molecule has 0 fully saturated rings. The molecule has 0 aliphatic rings. The van der Waals surface area contributed by atoms with Crippen molar-refractivity contribution in [3.63, 3.8) is 0 Å². The molecule has 2 aromatic heterocycles. The van der Waals surface area contributed by atoms with Gasteiger partial charge in [0.15, 0.2) is 0 Å². The van der Waals surface area contributed by atoms with Gasteiger partial charge in [0.05, 0.1) is 22.5 Å². The number of para-hydroxylation sites is 2. The number of aromatic nitrogens is 3. The van der Waals surface area contributed by atoms with Crippen molar-refractivity contribution in [3.8, 4) is 0 Å². The number of hydrogen-bond donors (Lipinski definition) is 0. The van der Waals surface area contributed by atoms with Gasteiger partial charge in [-0.3, -0.25) is 0 Å².